The summed E-state index contributed by atoms with van der Waals surface area (Å²) in [4.78, 5) is 5.17. The van der Waals surface area contributed by atoms with E-state index in [1.807, 2.05) is 0 Å². The van der Waals surface area contributed by atoms with Crippen molar-refractivity contribution in [2.75, 3.05) is 26.2 Å². The Labute approximate surface area is 201 Å². The van der Waals surface area contributed by atoms with E-state index in [-0.39, 0.29) is 0 Å². The third kappa shape index (κ3) is 7.42. The second kappa shape index (κ2) is 13.3. The van der Waals surface area contributed by atoms with Gasteiger partial charge in [0.05, 0.1) is 11.8 Å². The van der Waals surface area contributed by atoms with Crippen molar-refractivity contribution < 1.29 is 4.74 Å². The van der Waals surface area contributed by atoms with Gasteiger partial charge in [0.15, 0.2) is 0 Å². The monoisotopic (exact) mass is 451 g/mol. The second-order valence-electron chi connectivity index (χ2n) is 10.2. The Kier molecular flexibility index (Phi) is 9.86. The summed E-state index contributed by atoms with van der Waals surface area (Å²) in [7, 11) is 0. The predicted molar refractivity (Wildman–Crippen MR) is 139 cm³/mol. The number of piperidine rings is 1. The highest BCUT2D eigenvalue weighted by Crippen LogP contribution is 2.37. The number of unbranched alkanes of at least 4 members (excludes halogenated alkanes) is 5. The molecule has 0 amide bonds. The molecule has 2 fully saturated rings. The van der Waals surface area contributed by atoms with Crippen LogP contribution in [-0.4, -0.2) is 37.3 Å². The number of allylic oxidation sites excluding steroid dienone is 2. The number of hydrogen-bond donors (Lipinski definition) is 2. The Balaban J connectivity index is 1.34. The summed E-state index contributed by atoms with van der Waals surface area (Å²) in [6, 6.07) is 4.83. The predicted octanol–water partition coefficient (Wildman–Crippen LogP) is 6.45. The number of nitrogens with zero attached hydrogens (tertiary/aromatic N) is 1. The molecule has 1 aliphatic carbocycles. The molecule has 0 unspecified atom stereocenters. The first-order chi connectivity index (χ1) is 16.3. The normalized spacial score (nSPS) is 23.8. The average molecular weight is 452 g/mol. The zero-order chi connectivity index (χ0) is 22.7. The van der Waals surface area contributed by atoms with Crippen molar-refractivity contribution in [1.82, 2.24) is 15.6 Å². The molecule has 0 bridgehead atoms. The minimum atomic E-state index is 0.470. The third-order valence-electron chi connectivity index (χ3n) is 7.74. The maximum absolute atomic E-state index is 6.27. The first kappa shape index (κ1) is 24.5. The lowest BCUT2D eigenvalue weighted by atomic mass is 9.81. The van der Waals surface area contributed by atoms with E-state index in [9.17, 15) is 0 Å². The molecule has 1 aromatic rings. The number of dihydropyridines is 1. The smallest absolute Gasteiger partial charge is 0.0706 e. The highest BCUT2D eigenvalue weighted by Gasteiger charge is 2.25. The number of rotatable bonds is 11. The Morgan fingerprint density at radius 1 is 0.909 bits per heavy atom. The van der Waals surface area contributed by atoms with Gasteiger partial charge in [0.25, 0.3) is 0 Å². The molecule has 33 heavy (non-hydrogen) atoms. The molecule has 1 saturated carbocycles. The summed E-state index contributed by atoms with van der Waals surface area (Å²) in [5.74, 6) is 1.24. The molecule has 1 aromatic heterocycles. The quantitative estimate of drug-likeness (QED) is 0.379. The first-order valence-electron chi connectivity index (χ1n) is 13.8. The summed E-state index contributed by atoms with van der Waals surface area (Å²) < 4.78 is 6.27. The zero-order valence-electron chi connectivity index (χ0n) is 20.8. The van der Waals surface area contributed by atoms with Gasteiger partial charge < -0.3 is 15.4 Å². The summed E-state index contributed by atoms with van der Waals surface area (Å²) in [5.41, 5.74) is 5.26. The maximum Gasteiger partial charge on any atom is 0.0706 e. The maximum atomic E-state index is 6.27. The molecule has 2 N–H and O–H groups in total. The summed E-state index contributed by atoms with van der Waals surface area (Å²) in [6.07, 6.45) is 22.3. The SMILES string of the molecule is CCCCCCCCOC1CCC(c2cc(C3=CCNC=C3)nc(C3CCNCC3)c2)CC1. The molecule has 4 rings (SSSR count). The van der Waals surface area contributed by atoms with Crippen LogP contribution in [-0.2, 0) is 4.74 Å². The van der Waals surface area contributed by atoms with Crippen molar-refractivity contribution in [1.29, 1.82) is 0 Å². The van der Waals surface area contributed by atoms with Crippen LogP contribution in [0.15, 0.2) is 30.5 Å². The van der Waals surface area contributed by atoms with Gasteiger partial charge >= 0.3 is 0 Å². The van der Waals surface area contributed by atoms with E-state index < -0.39 is 0 Å². The van der Waals surface area contributed by atoms with Crippen LogP contribution in [0.3, 0.4) is 0 Å². The molecule has 3 heterocycles. The van der Waals surface area contributed by atoms with Gasteiger partial charge in [-0.1, -0.05) is 45.1 Å². The third-order valence-corrected chi connectivity index (χ3v) is 7.74. The van der Waals surface area contributed by atoms with Crippen LogP contribution < -0.4 is 10.6 Å². The Morgan fingerprint density at radius 3 is 2.45 bits per heavy atom. The second-order valence-corrected chi connectivity index (χ2v) is 10.2. The number of aromatic nitrogens is 1. The van der Waals surface area contributed by atoms with Gasteiger partial charge in [0.2, 0.25) is 0 Å². The molecule has 0 aromatic carbocycles. The lowest BCUT2D eigenvalue weighted by Crippen LogP contribution is -2.27. The molecule has 182 valence electrons. The molecule has 1 saturated heterocycles. The molecule has 0 atom stereocenters. The zero-order valence-corrected chi connectivity index (χ0v) is 20.8. The summed E-state index contributed by atoms with van der Waals surface area (Å²) in [5, 5.41) is 6.78. The van der Waals surface area contributed by atoms with Gasteiger partial charge in [0, 0.05) is 24.8 Å². The average Bonchev–Trinajstić information content (AvgIpc) is 2.89. The van der Waals surface area contributed by atoms with Crippen LogP contribution in [0, 0.1) is 0 Å². The van der Waals surface area contributed by atoms with Gasteiger partial charge in [-0.3, -0.25) is 4.98 Å². The van der Waals surface area contributed by atoms with E-state index in [0.29, 0.717) is 17.9 Å². The number of pyridine rings is 1. The Hall–Kier alpha value is -1.65. The fraction of sp³-hybridized carbons (Fsp3) is 0.690. The van der Waals surface area contributed by atoms with Crippen molar-refractivity contribution in [3.05, 3.63) is 47.4 Å². The first-order valence-corrected chi connectivity index (χ1v) is 13.8. The van der Waals surface area contributed by atoms with E-state index in [1.54, 1.807) is 0 Å². The van der Waals surface area contributed by atoms with Crippen molar-refractivity contribution >= 4 is 5.57 Å². The molecular formula is C29H45N3O. The number of ether oxygens (including phenoxy) is 1. The van der Waals surface area contributed by atoms with Crippen LogP contribution in [0.1, 0.15) is 113 Å². The van der Waals surface area contributed by atoms with Crippen LogP contribution >= 0.6 is 0 Å². The summed E-state index contributed by atoms with van der Waals surface area (Å²) >= 11 is 0. The van der Waals surface area contributed by atoms with E-state index in [4.69, 9.17) is 9.72 Å². The molecule has 0 spiro atoms. The van der Waals surface area contributed by atoms with Crippen molar-refractivity contribution in [3.63, 3.8) is 0 Å². The minimum Gasteiger partial charge on any atom is -0.387 e. The van der Waals surface area contributed by atoms with E-state index in [2.05, 4.69) is 48.0 Å². The van der Waals surface area contributed by atoms with Gasteiger partial charge in [0.1, 0.15) is 0 Å². The highest BCUT2D eigenvalue weighted by atomic mass is 16.5. The van der Waals surface area contributed by atoms with E-state index in [0.717, 1.165) is 26.2 Å². The van der Waals surface area contributed by atoms with Crippen molar-refractivity contribution in [3.8, 4) is 0 Å². The fourth-order valence-corrected chi connectivity index (χ4v) is 5.62. The lowest BCUT2D eigenvalue weighted by molar-refractivity contribution is 0.0226. The standard InChI is InChI=1S/C29H45N3O/c1-2-3-4-5-6-7-20-33-27-10-8-23(9-11-27)26-21-28(24-12-16-30-17-13-24)32-29(22-26)25-14-18-31-19-15-25/h12-13,16,21-23,25,27,30-31H,2-11,14-15,17-20H2,1H3. The Morgan fingerprint density at radius 2 is 1.70 bits per heavy atom. The van der Waals surface area contributed by atoms with Crippen molar-refractivity contribution in [2.45, 2.75) is 102 Å². The van der Waals surface area contributed by atoms with Crippen LogP contribution in [0.4, 0.5) is 0 Å². The lowest BCUT2D eigenvalue weighted by Gasteiger charge is -2.30. The highest BCUT2D eigenvalue weighted by molar-refractivity contribution is 5.73. The number of nitrogens with one attached hydrogen (secondary N) is 2. The summed E-state index contributed by atoms with van der Waals surface area (Å²) in [6.45, 7) is 6.35. The van der Waals surface area contributed by atoms with Crippen LogP contribution in [0.2, 0.25) is 0 Å². The van der Waals surface area contributed by atoms with Gasteiger partial charge in [-0.25, -0.2) is 0 Å². The van der Waals surface area contributed by atoms with Gasteiger partial charge in [-0.15, -0.1) is 0 Å². The number of hydrogen-bond acceptors (Lipinski definition) is 4. The van der Waals surface area contributed by atoms with Gasteiger partial charge in [-0.2, -0.15) is 0 Å². The van der Waals surface area contributed by atoms with Crippen LogP contribution in [0.5, 0.6) is 0 Å². The van der Waals surface area contributed by atoms with Crippen LogP contribution in [0.25, 0.3) is 5.57 Å². The molecular weight excluding hydrogens is 406 g/mol. The molecule has 3 aliphatic rings. The van der Waals surface area contributed by atoms with Crippen molar-refractivity contribution in [2.24, 2.45) is 0 Å². The van der Waals surface area contributed by atoms with E-state index >= 15 is 0 Å². The minimum absolute atomic E-state index is 0.470. The molecule has 2 aliphatic heterocycles. The van der Waals surface area contributed by atoms with Gasteiger partial charge in [-0.05, 0) is 99.5 Å². The topological polar surface area (TPSA) is 46.2 Å². The molecule has 4 heteroatoms. The largest absolute Gasteiger partial charge is 0.387 e. The molecule has 4 nitrogen and oxygen atoms in total. The Bertz CT molecular complexity index is 773. The van der Waals surface area contributed by atoms with E-state index in [1.165, 1.54) is 99.6 Å². The fourth-order valence-electron chi connectivity index (χ4n) is 5.62. The molecule has 0 radical (unpaired) electrons.